The van der Waals surface area contributed by atoms with Crippen LogP contribution in [0.25, 0.3) is 0 Å². The molecule has 2 rings (SSSR count). The zero-order valence-corrected chi connectivity index (χ0v) is 15.7. The first-order valence-electron chi connectivity index (χ1n) is 6.91. The van der Waals surface area contributed by atoms with Crippen LogP contribution < -0.4 is 11.1 Å². The van der Waals surface area contributed by atoms with Crippen molar-refractivity contribution in [2.24, 2.45) is 5.73 Å². The Bertz CT molecular complexity index is 630. The minimum atomic E-state index is 0.0833. The molecule has 112 valence electrons. The number of aryl methyl sites for hydroxylation is 3. The summed E-state index contributed by atoms with van der Waals surface area (Å²) in [4.78, 5) is 0. The second-order valence-corrected chi connectivity index (χ2v) is 7.03. The van der Waals surface area contributed by atoms with Crippen molar-refractivity contribution in [3.05, 3.63) is 61.5 Å². The number of halogens is 2. The molecule has 2 aromatic carbocycles. The van der Waals surface area contributed by atoms with E-state index in [1.54, 1.807) is 0 Å². The smallest absolute Gasteiger partial charge is 0.0647 e. The molecule has 0 fully saturated rings. The third-order valence-electron chi connectivity index (χ3n) is 3.54. The van der Waals surface area contributed by atoms with Gasteiger partial charge in [-0.25, -0.2) is 0 Å². The Kier molecular flexibility index (Phi) is 5.47. The fourth-order valence-corrected chi connectivity index (χ4v) is 3.41. The maximum atomic E-state index is 5.97. The monoisotopic (exact) mass is 410 g/mol. The van der Waals surface area contributed by atoms with Crippen molar-refractivity contribution in [2.75, 3.05) is 11.9 Å². The van der Waals surface area contributed by atoms with E-state index in [2.05, 4.69) is 88.3 Å². The molecule has 0 saturated carbocycles. The summed E-state index contributed by atoms with van der Waals surface area (Å²) >= 11 is 7.24. The lowest BCUT2D eigenvalue weighted by Crippen LogP contribution is -2.21. The molecular formula is C17H20Br2N2. The summed E-state index contributed by atoms with van der Waals surface area (Å²) in [7, 11) is 0. The molecule has 3 N–H and O–H groups in total. The number of rotatable bonds is 4. The maximum Gasteiger partial charge on any atom is 0.0647 e. The average Bonchev–Trinajstić information content (AvgIpc) is 2.42. The van der Waals surface area contributed by atoms with E-state index >= 15 is 0 Å². The van der Waals surface area contributed by atoms with Crippen molar-refractivity contribution in [3.63, 3.8) is 0 Å². The molecule has 1 atom stereocenters. The predicted molar refractivity (Wildman–Crippen MR) is 97.9 cm³/mol. The van der Waals surface area contributed by atoms with Gasteiger partial charge in [0, 0.05) is 21.2 Å². The topological polar surface area (TPSA) is 38.0 Å². The maximum absolute atomic E-state index is 5.97. The predicted octanol–water partition coefficient (Wildman–Crippen LogP) is 5.25. The molecule has 21 heavy (non-hydrogen) atoms. The molecular weight excluding hydrogens is 392 g/mol. The third-order valence-corrected chi connectivity index (χ3v) is 5.48. The van der Waals surface area contributed by atoms with Gasteiger partial charge in [0.25, 0.3) is 0 Å². The van der Waals surface area contributed by atoms with E-state index in [1.165, 1.54) is 22.3 Å². The summed E-state index contributed by atoms with van der Waals surface area (Å²) in [5, 5.41) is 3.54. The van der Waals surface area contributed by atoms with Crippen molar-refractivity contribution in [2.45, 2.75) is 26.8 Å². The molecule has 0 aliphatic rings. The van der Waals surface area contributed by atoms with Gasteiger partial charge in [-0.3, -0.25) is 0 Å². The lowest BCUT2D eigenvalue weighted by Gasteiger charge is -2.21. The van der Waals surface area contributed by atoms with E-state index in [4.69, 9.17) is 5.73 Å². The highest BCUT2D eigenvalue weighted by Gasteiger charge is 2.14. The van der Waals surface area contributed by atoms with E-state index in [9.17, 15) is 0 Å². The second-order valence-electron chi connectivity index (χ2n) is 5.38. The standard InChI is InChI=1S/C17H20Br2N2/c1-10-4-5-14(15(18)6-10)16(9-20)21-13-7-11(2)17(19)12(3)8-13/h4-8,16,21H,9,20H2,1-3H3. The Morgan fingerprint density at radius 2 is 1.67 bits per heavy atom. The van der Waals surface area contributed by atoms with Crippen LogP contribution in [-0.2, 0) is 0 Å². The van der Waals surface area contributed by atoms with Crippen LogP contribution in [-0.4, -0.2) is 6.54 Å². The van der Waals surface area contributed by atoms with Gasteiger partial charge < -0.3 is 11.1 Å². The van der Waals surface area contributed by atoms with E-state index in [0.717, 1.165) is 14.6 Å². The van der Waals surface area contributed by atoms with Gasteiger partial charge in [-0.05, 0) is 61.2 Å². The lowest BCUT2D eigenvalue weighted by molar-refractivity contribution is 0.785. The zero-order valence-electron chi connectivity index (χ0n) is 12.5. The Morgan fingerprint density at radius 3 is 2.19 bits per heavy atom. The molecule has 0 aliphatic heterocycles. The highest BCUT2D eigenvalue weighted by molar-refractivity contribution is 9.10. The average molecular weight is 412 g/mol. The summed E-state index contributed by atoms with van der Waals surface area (Å²) in [6, 6.07) is 10.7. The third kappa shape index (κ3) is 3.87. The Hall–Kier alpha value is -0.840. The van der Waals surface area contributed by atoms with Crippen LogP contribution in [0.15, 0.2) is 39.3 Å². The van der Waals surface area contributed by atoms with Gasteiger partial charge in [0.1, 0.15) is 0 Å². The molecule has 0 spiro atoms. The number of anilines is 1. The number of nitrogens with two attached hydrogens (primary N) is 1. The summed E-state index contributed by atoms with van der Waals surface area (Å²) in [6.07, 6.45) is 0. The minimum absolute atomic E-state index is 0.0833. The van der Waals surface area contributed by atoms with E-state index < -0.39 is 0 Å². The largest absolute Gasteiger partial charge is 0.377 e. The molecule has 1 unspecified atom stereocenters. The number of benzene rings is 2. The van der Waals surface area contributed by atoms with Crippen molar-refractivity contribution < 1.29 is 0 Å². The Labute approximate surface area is 143 Å². The fourth-order valence-electron chi connectivity index (χ4n) is 2.41. The molecule has 2 aromatic rings. The normalized spacial score (nSPS) is 12.3. The van der Waals surface area contributed by atoms with Crippen LogP contribution in [0.1, 0.15) is 28.3 Å². The Morgan fingerprint density at radius 1 is 1.05 bits per heavy atom. The van der Waals surface area contributed by atoms with Crippen LogP contribution in [0.3, 0.4) is 0 Å². The van der Waals surface area contributed by atoms with Gasteiger partial charge in [-0.15, -0.1) is 0 Å². The van der Waals surface area contributed by atoms with Gasteiger partial charge >= 0.3 is 0 Å². The highest BCUT2D eigenvalue weighted by Crippen LogP contribution is 2.30. The van der Waals surface area contributed by atoms with Gasteiger partial charge in [0.05, 0.1) is 6.04 Å². The molecule has 0 heterocycles. The molecule has 2 nitrogen and oxygen atoms in total. The summed E-state index contributed by atoms with van der Waals surface area (Å²) in [5.41, 5.74) is 11.9. The molecule has 0 aromatic heterocycles. The fraction of sp³-hybridized carbons (Fsp3) is 0.294. The quantitative estimate of drug-likeness (QED) is 0.720. The molecule has 0 radical (unpaired) electrons. The summed E-state index contributed by atoms with van der Waals surface area (Å²) in [6.45, 7) is 6.82. The summed E-state index contributed by atoms with van der Waals surface area (Å²) < 4.78 is 2.25. The zero-order chi connectivity index (χ0) is 15.6. The van der Waals surface area contributed by atoms with E-state index in [1.807, 2.05) is 0 Å². The highest BCUT2D eigenvalue weighted by atomic mass is 79.9. The van der Waals surface area contributed by atoms with Crippen LogP contribution >= 0.6 is 31.9 Å². The first-order valence-corrected chi connectivity index (χ1v) is 8.50. The lowest BCUT2D eigenvalue weighted by atomic mass is 10.0. The first kappa shape index (κ1) is 16.5. The van der Waals surface area contributed by atoms with Crippen LogP contribution in [0.4, 0.5) is 5.69 Å². The van der Waals surface area contributed by atoms with Gasteiger partial charge in [0.2, 0.25) is 0 Å². The molecule has 0 bridgehead atoms. The van der Waals surface area contributed by atoms with Gasteiger partial charge in [0.15, 0.2) is 0 Å². The Balaban J connectivity index is 2.31. The van der Waals surface area contributed by atoms with Gasteiger partial charge in [-0.1, -0.05) is 44.0 Å². The van der Waals surface area contributed by atoms with Crippen LogP contribution in [0, 0.1) is 20.8 Å². The molecule has 0 aliphatic carbocycles. The number of nitrogens with one attached hydrogen (secondary N) is 1. The van der Waals surface area contributed by atoms with E-state index in [0.29, 0.717) is 6.54 Å². The number of hydrogen-bond acceptors (Lipinski definition) is 2. The van der Waals surface area contributed by atoms with Crippen molar-refractivity contribution in [1.82, 2.24) is 0 Å². The SMILES string of the molecule is Cc1ccc(C(CN)Nc2cc(C)c(Br)c(C)c2)c(Br)c1. The minimum Gasteiger partial charge on any atom is -0.377 e. The van der Waals surface area contributed by atoms with Crippen LogP contribution in [0.2, 0.25) is 0 Å². The molecule has 4 heteroatoms. The van der Waals surface area contributed by atoms with Crippen molar-refractivity contribution in [3.8, 4) is 0 Å². The molecule has 0 saturated heterocycles. The van der Waals surface area contributed by atoms with Gasteiger partial charge in [-0.2, -0.15) is 0 Å². The van der Waals surface area contributed by atoms with Crippen molar-refractivity contribution >= 4 is 37.5 Å². The van der Waals surface area contributed by atoms with Crippen molar-refractivity contribution in [1.29, 1.82) is 0 Å². The van der Waals surface area contributed by atoms with Crippen LogP contribution in [0.5, 0.6) is 0 Å². The summed E-state index contributed by atoms with van der Waals surface area (Å²) in [5.74, 6) is 0. The van der Waals surface area contributed by atoms with E-state index in [-0.39, 0.29) is 6.04 Å². The molecule has 0 amide bonds. The first-order chi connectivity index (χ1) is 9.92. The second kappa shape index (κ2) is 6.95. The number of hydrogen-bond donors (Lipinski definition) is 2.